The van der Waals surface area contributed by atoms with E-state index >= 15 is 0 Å². The first-order chi connectivity index (χ1) is 10.7. The number of thiazole rings is 1. The summed E-state index contributed by atoms with van der Waals surface area (Å²) in [5, 5.41) is 13.2. The third kappa shape index (κ3) is 2.78. The predicted molar refractivity (Wildman–Crippen MR) is 95.0 cm³/mol. The first kappa shape index (κ1) is 16.1. The molecule has 0 radical (unpaired) electrons. The van der Waals surface area contributed by atoms with Crippen LogP contribution in [0.25, 0.3) is 22.1 Å². The van der Waals surface area contributed by atoms with Crippen LogP contribution < -0.4 is 5.32 Å². The van der Waals surface area contributed by atoms with E-state index in [-0.39, 0.29) is 18.4 Å². The average Bonchev–Trinajstić information content (AvgIpc) is 3.12. The summed E-state index contributed by atoms with van der Waals surface area (Å²) in [7, 11) is 0. The fourth-order valence-corrected chi connectivity index (χ4v) is 3.74. The monoisotopic (exact) mass is 347 g/mol. The highest BCUT2D eigenvalue weighted by Gasteiger charge is 2.24. The van der Waals surface area contributed by atoms with Gasteiger partial charge in [-0.1, -0.05) is 30.3 Å². The number of aromatic nitrogens is 4. The van der Waals surface area contributed by atoms with Gasteiger partial charge in [0.1, 0.15) is 16.5 Å². The van der Waals surface area contributed by atoms with Crippen molar-refractivity contribution in [2.75, 3.05) is 6.54 Å². The van der Waals surface area contributed by atoms with Crippen LogP contribution in [0.1, 0.15) is 23.7 Å². The molecule has 0 spiro atoms. The van der Waals surface area contributed by atoms with Crippen molar-refractivity contribution in [2.45, 2.75) is 26.4 Å². The van der Waals surface area contributed by atoms with Crippen LogP contribution in [0.2, 0.25) is 0 Å². The molecule has 4 rings (SSSR count). The third-order valence-electron chi connectivity index (χ3n) is 3.98. The Balaban J connectivity index is 0.00000156. The van der Waals surface area contributed by atoms with E-state index in [2.05, 4.69) is 46.1 Å². The van der Waals surface area contributed by atoms with Crippen molar-refractivity contribution in [1.29, 1.82) is 0 Å². The molecule has 0 aliphatic carbocycles. The van der Waals surface area contributed by atoms with E-state index in [1.165, 1.54) is 4.88 Å². The number of hydrogen-bond donors (Lipinski definition) is 1. The van der Waals surface area contributed by atoms with Gasteiger partial charge in [-0.2, -0.15) is 0 Å². The Labute approximate surface area is 145 Å². The molecule has 2 aromatic heterocycles. The Bertz CT molecular complexity index is 811. The molecular formula is C16H18ClN5S. The molecule has 1 N–H and O–H groups in total. The number of benzene rings is 1. The lowest BCUT2D eigenvalue weighted by atomic mass is 10.2. The minimum Gasteiger partial charge on any atom is -0.307 e. The molecule has 0 saturated heterocycles. The number of aryl methyl sites for hydroxylation is 1. The molecule has 5 nitrogen and oxygen atoms in total. The third-order valence-corrected chi connectivity index (χ3v) is 5.00. The van der Waals surface area contributed by atoms with Gasteiger partial charge in [-0.05, 0) is 13.8 Å². The first-order valence-corrected chi connectivity index (χ1v) is 8.25. The van der Waals surface area contributed by atoms with E-state index in [1.807, 2.05) is 18.2 Å². The number of nitrogens with zero attached hydrogens (tertiary/aromatic N) is 4. The number of rotatable bonds is 2. The van der Waals surface area contributed by atoms with Gasteiger partial charge in [0.15, 0.2) is 5.82 Å². The highest BCUT2D eigenvalue weighted by molar-refractivity contribution is 7.15. The maximum absolute atomic E-state index is 4.83. The molecule has 0 saturated carbocycles. The number of nitrogens with one attached hydrogen (secondary N) is 1. The SMILES string of the molecule is Cc1sc(-c2ccccc2)nc1-c1nnc2n1CCNC2C.Cl. The van der Waals surface area contributed by atoms with E-state index < -0.39 is 0 Å². The Morgan fingerprint density at radius 2 is 2.00 bits per heavy atom. The number of fused-ring (bicyclic) bond motifs is 1. The fraction of sp³-hybridized carbons (Fsp3) is 0.312. The van der Waals surface area contributed by atoms with Gasteiger partial charge in [0.25, 0.3) is 0 Å². The van der Waals surface area contributed by atoms with E-state index in [1.54, 1.807) is 11.3 Å². The highest BCUT2D eigenvalue weighted by atomic mass is 35.5. The quantitative estimate of drug-likeness (QED) is 0.771. The summed E-state index contributed by atoms with van der Waals surface area (Å²) in [6.45, 7) is 6.05. The zero-order valence-corrected chi connectivity index (χ0v) is 14.6. The lowest BCUT2D eigenvalue weighted by molar-refractivity contribution is 0.438. The van der Waals surface area contributed by atoms with Crippen LogP contribution in [0.3, 0.4) is 0 Å². The zero-order chi connectivity index (χ0) is 15.1. The molecule has 7 heteroatoms. The van der Waals surface area contributed by atoms with Gasteiger partial charge in [0.2, 0.25) is 0 Å². The maximum atomic E-state index is 4.83. The molecule has 0 amide bonds. The van der Waals surface area contributed by atoms with Crippen LogP contribution in [-0.4, -0.2) is 26.3 Å². The second-order valence-electron chi connectivity index (χ2n) is 5.50. The minimum atomic E-state index is 0. The molecule has 1 aliphatic rings. The summed E-state index contributed by atoms with van der Waals surface area (Å²) in [5.41, 5.74) is 2.10. The fourth-order valence-electron chi connectivity index (χ4n) is 2.82. The van der Waals surface area contributed by atoms with Crippen molar-refractivity contribution in [3.05, 3.63) is 41.0 Å². The molecule has 1 aromatic carbocycles. The molecular weight excluding hydrogens is 330 g/mol. The summed E-state index contributed by atoms with van der Waals surface area (Å²) in [5.74, 6) is 1.88. The summed E-state index contributed by atoms with van der Waals surface area (Å²) < 4.78 is 2.19. The largest absolute Gasteiger partial charge is 0.307 e. The summed E-state index contributed by atoms with van der Waals surface area (Å²) >= 11 is 1.71. The average molecular weight is 348 g/mol. The second-order valence-corrected chi connectivity index (χ2v) is 6.70. The molecule has 23 heavy (non-hydrogen) atoms. The van der Waals surface area contributed by atoms with Gasteiger partial charge in [0.05, 0.1) is 6.04 Å². The smallest absolute Gasteiger partial charge is 0.183 e. The Kier molecular flexibility index (Phi) is 4.48. The van der Waals surface area contributed by atoms with Crippen LogP contribution in [0.15, 0.2) is 30.3 Å². The van der Waals surface area contributed by atoms with Gasteiger partial charge in [-0.25, -0.2) is 4.98 Å². The summed E-state index contributed by atoms with van der Waals surface area (Å²) in [6.07, 6.45) is 0. The van der Waals surface area contributed by atoms with Crippen molar-refractivity contribution >= 4 is 23.7 Å². The molecule has 1 atom stereocenters. The van der Waals surface area contributed by atoms with E-state index in [4.69, 9.17) is 4.98 Å². The van der Waals surface area contributed by atoms with E-state index in [0.29, 0.717) is 0 Å². The normalized spacial score (nSPS) is 16.7. The molecule has 3 aromatic rings. The topological polar surface area (TPSA) is 55.6 Å². The molecule has 1 aliphatic heterocycles. The zero-order valence-electron chi connectivity index (χ0n) is 13.0. The Hall–Kier alpha value is -1.76. The Morgan fingerprint density at radius 3 is 2.78 bits per heavy atom. The van der Waals surface area contributed by atoms with Gasteiger partial charge in [-0.3, -0.25) is 0 Å². The van der Waals surface area contributed by atoms with Crippen LogP contribution in [0, 0.1) is 6.92 Å². The van der Waals surface area contributed by atoms with Crippen molar-refractivity contribution in [2.24, 2.45) is 0 Å². The molecule has 120 valence electrons. The van der Waals surface area contributed by atoms with Crippen molar-refractivity contribution < 1.29 is 0 Å². The predicted octanol–water partition coefficient (Wildman–Crippen LogP) is 3.46. The number of halogens is 1. The lowest BCUT2D eigenvalue weighted by Crippen LogP contribution is -2.32. The van der Waals surface area contributed by atoms with E-state index in [9.17, 15) is 0 Å². The Morgan fingerprint density at radius 1 is 1.22 bits per heavy atom. The summed E-state index contributed by atoms with van der Waals surface area (Å²) in [6, 6.07) is 10.5. The molecule has 3 heterocycles. The highest BCUT2D eigenvalue weighted by Crippen LogP contribution is 2.33. The van der Waals surface area contributed by atoms with Gasteiger partial charge < -0.3 is 9.88 Å². The van der Waals surface area contributed by atoms with Crippen molar-refractivity contribution in [3.8, 4) is 22.1 Å². The van der Waals surface area contributed by atoms with E-state index in [0.717, 1.165) is 41.0 Å². The summed E-state index contributed by atoms with van der Waals surface area (Å²) in [4.78, 5) is 6.01. The van der Waals surface area contributed by atoms with Crippen molar-refractivity contribution in [1.82, 2.24) is 25.1 Å². The first-order valence-electron chi connectivity index (χ1n) is 7.44. The van der Waals surface area contributed by atoms with Crippen molar-refractivity contribution in [3.63, 3.8) is 0 Å². The number of hydrogen-bond acceptors (Lipinski definition) is 5. The van der Waals surface area contributed by atoms with Gasteiger partial charge in [0, 0.05) is 23.5 Å². The van der Waals surface area contributed by atoms with Gasteiger partial charge in [-0.15, -0.1) is 33.9 Å². The molecule has 0 fully saturated rings. The minimum absolute atomic E-state index is 0. The standard InChI is InChI=1S/C16H17N5S.ClH/c1-10-14-19-20-15(21(14)9-8-17-10)13-11(2)22-16(18-13)12-6-4-3-5-7-12;/h3-7,10,17H,8-9H2,1-2H3;1H. The molecule has 0 bridgehead atoms. The van der Waals surface area contributed by atoms with Crippen LogP contribution in [0.5, 0.6) is 0 Å². The lowest BCUT2D eigenvalue weighted by Gasteiger charge is -2.21. The molecule has 1 unspecified atom stereocenters. The van der Waals surface area contributed by atoms with Crippen LogP contribution >= 0.6 is 23.7 Å². The maximum Gasteiger partial charge on any atom is 0.183 e. The second kappa shape index (κ2) is 6.39. The van der Waals surface area contributed by atoms with Crippen LogP contribution in [-0.2, 0) is 6.54 Å². The van der Waals surface area contributed by atoms with Gasteiger partial charge >= 0.3 is 0 Å². The van der Waals surface area contributed by atoms with Crippen LogP contribution in [0.4, 0.5) is 0 Å².